The van der Waals surface area contributed by atoms with Crippen molar-refractivity contribution in [2.45, 2.75) is 12.8 Å². The van der Waals surface area contributed by atoms with Crippen molar-refractivity contribution in [3.05, 3.63) is 58.7 Å². The lowest BCUT2D eigenvalue weighted by molar-refractivity contribution is -0.135. The van der Waals surface area contributed by atoms with E-state index >= 15 is 0 Å². The molecular weight excluding hydrogens is 232 g/mol. The van der Waals surface area contributed by atoms with Crippen LogP contribution in [0.15, 0.2) is 58.7 Å². The summed E-state index contributed by atoms with van der Waals surface area (Å²) in [5.41, 5.74) is 0.852. The van der Waals surface area contributed by atoms with Gasteiger partial charge in [-0.05, 0) is 24.0 Å². The molecule has 0 unspecified atom stereocenters. The molecule has 18 heavy (non-hydrogen) atoms. The van der Waals surface area contributed by atoms with Crippen molar-refractivity contribution >= 4 is 11.9 Å². The topological polar surface area (TPSA) is 74.6 Å². The van der Waals surface area contributed by atoms with Gasteiger partial charge in [0.1, 0.15) is 0 Å². The molecule has 2 N–H and O–H groups in total. The Morgan fingerprint density at radius 1 is 0.833 bits per heavy atom. The van der Waals surface area contributed by atoms with Gasteiger partial charge >= 0.3 is 11.9 Å². The van der Waals surface area contributed by atoms with Crippen LogP contribution in [0.4, 0.5) is 0 Å². The standard InChI is InChI=1S/C14H12O4/c15-13(16)11(9-5-1-2-6-9)12(14(17)18)10-7-3-4-8-10/h1-5,7H,6,8H2,(H,15,16)(H,17,18). The summed E-state index contributed by atoms with van der Waals surface area (Å²) in [6.45, 7) is 0. The molecule has 0 aromatic carbocycles. The van der Waals surface area contributed by atoms with Crippen LogP contribution in [0, 0.1) is 0 Å². The average molecular weight is 244 g/mol. The highest BCUT2D eigenvalue weighted by molar-refractivity contribution is 6.05. The van der Waals surface area contributed by atoms with Gasteiger partial charge in [-0.25, -0.2) is 9.59 Å². The number of carboxylic acid groups (broad SMARTS) is 2. The highest BCUT2D eigenvalue weighted by Gasteiger charge is 2.26. The molecule has 0 radical (unpaired) electrons. The first kappa shape index (κ1) is 12.1. The van der Waals surface area contributed by atoms with E-state index < -0.39 is 11.9 Å². The number of hydrogen-bond donors (Lipinski definition) is 2. The van der Waals surface area contributed by atoms with Gasteiger partial charge < -0.3 is 10.2 Å². The van der Waals surface area contributed by atoms with E-state index in [1.807, 2.05) is 0 Å². The van der Waals surface area contributed by atoms with Gasteiger partial charge in [-0.3, -0.25) is 0 Å². The van der Waals surface area contributed by atoms with Gasteiger partial charge in [0.2, 0.25) is 0 Å². The van der Waals surface area contributed by atoms with Gasteiger partial charge in [0, 0.05) is 0 Å². The van der Waals surface area contributed by atoms with Gasteiger partial charge in [0.25, 0.3) is 0 Å². The normalized spacial score (nSPS) is 18.4. The molecule has 4 heteroatoms. The van der Waals surface area contributed by atoms with E-state index in [9.17, 15) is 19.8 Å². The molecule has 0 fully saturated rings. The van der Waals surface area contributed by atoms with Crippen molar-refractivity contribution in [1.82, 2.24) is 0 Å². The van der Waals surface area contributed by atoms with Gasteiger partial charge in [-0.2, -0.15) is 0 Å². The van der Waals surface area contributed by atoms with E-state index in [-0.39, 0.29) is 11.1 Å². The van der Waals surface area contributed by atoms with Crippen LogP contribution in [0.1, 0.15) is 12.8 Å². The zero-order valence-electron chi connectivity index (χ0n) is 9.59. The molecule has 0 aromatic rings. The first-order chi connectivity index (χ1) is 8.61. The van der Waals surface area contributed by atoms with Crippen LogP contribution >= 0.6 is 0 Å². The van der Waals surface area contributed by atoms with E-state index in [0.29, 0.717) is 24.0 Å². The number of aliphatic carboxylic acids is 2. The molecule has 0 bridgehead atoms. The maximum absolute atomic E-state index is 11.4. The summed E-state index contributed by atoms with van der Waals surface area (Å²) in [5, 5.41) is 18.6. The fourth-order valence-electron chi connectivity index (χ4n) is 2.07. The summed E-state index contributed by atoms with van der Waals surface area (Å²) in [6.07, 6.45) is 11.3. The molecule has 0 saturated heterocycles. The Labute approximate surface area is 104 Å². The van der Waals surface area contributed by atoms with Crippen LogP contribution in [0.5, 0.6) is 0 Å². The minimum atomic E-state index is -1.20. The van der Waals surface area contributed by atoms with Crippen LogP contribution in [0.3, 0.4) is 0 Å². The minimum Gasteiger partial charge on any atom is -0.478 e. The number of carboxylic acids is 2. The summed E-state index contributed by atoms with van der Waals surface area (Å²) in [7, 11) is 0. The number of hydrogen-bond acceptors (Lipinski definition) is 2. The lowest BCUT2D eigenvalue weighted by atomic mass is 9.93. The van der Waals surface area contributed by atoms with Crippen molar-refractivity contribution in [2.24, 2.45) is 0 Å². The van der Waals surface area contributed by atoms with Gasteiger partial charge in [0.05, 0.1) is 11.1 Å². The second-order valence-corrected chi connectivity index (χ2v) is 4.01. The van der Waals surface area contributed by atoms with Gasteiger partial charge in [0.15, 0.2) is 0 Å². The van der Waals surface area contributed by atoms with E-state index in [2.05, 4.69) is 0 Å². The molecule has 92 valence electrons. The molecule has 0 atom stereocenters. The van der Waals surface area contributed by atoms with Crippen LogP contribution in [0.25, 0.3) is 0 Å². The van der Waals surface area contributed by atoms with Crippen LogP contribution < -0.4 is 0 Å². The molecule has 0 saturated carbocycles. The summed E-state index contributed by atoms with van der Waals surface area (Å²) >= 11 is 0. The molecule has 0 heterocycles. The second-order valence-electron chi connectivity index (χ2n) is 4.01. The maximum Gasteiger partial charge on any atom is 0.336 e. The Kier molecular flexibility index (Phi) is 3.28. The second kappa shape index (κ2) is 4.87. The molecule has 2 rings (SSSR count). The maximum atomic E-state index is 11.4. The highest BCUT2D eigenvalue weighted by Crippen LogP contribution is 2.30. The Morgan fingerprint density at radius 3 is 1.44 bits per heavy atom. The van der Waals surface area contributed by atoms with E-state index in [4.69, 9.17) is 0 Å². The third-order valence-electron chi connectivity index (χ3n) is 2.86. The lowest BCUT2D eigenvalue weighted by Crippen LogP contribution is -2.14. The van der Waals surface area contributed by atoms with Crippen LogP contribution in [-0.4, -0.2) is 22.2 Å². The third-order valence-corrected chi connectivity index (χ3v) is 2.86. The molecule has 0 aromatic heterocycles. The summed E-state index contributed by atoms with van der Waals surface area (Å²) in [5.74, 6) is -2.40. The van der Waals surface area contributed by atoms with Crippen LogP contribution in [0.2, 0.25) is 0 Å². The summed E-state index contributed by atoms with van der Waals surface area (Å²) in [4.78, 5) is 22.7. The van der Waals surface area contributed by atoms with Gasteiger partial charge in [-0.1, -0.05) is 36.5 Å². The molecular formula is C14H12O4. The van der Waals surface area contributed by atoms with E-state index in [1.54, 1.807) is 36.5 Å². The summed E-state index contributed by atoms with van der Waals surface area (Å²) in [6, 6.07) is 0. The van der Waals surface area contributed by atoms with Crippen molar-refractivity contribution in [3.63, 3.8) is 0 Å². The smallest absolute Gasteiger partial charge is 0.336 e. The van der Waals surface area contributed by atoms with Crippen molar-refractivity contribution < 1.29 is 19.8 Å². The molecule has 0 amide bonds. The van der Waals surface area contributed by atoms with Crippen molar-refractivity contribution in [3.8, 4) is 0 Å². The first-order valence-electron chi connectivity index (χ1n) is 5.54. The zero-order valence-corrected chi connectivity index (χ0v) is 9.59. The Hall–Kier alpha value is -2.36. The Morgan fingerprint density at radius 2 is 1.22 bits per heavy atom. The largest absolute Gasteiger partial charge is 0.478 e. The quantitative estimate of drug-likeness (QED) is 0.743. The van der Waals surface area contributed by atoms with Crippen LogP contribution in [-0.2, 0) is 9.59 Å². The molecule has 2 aliphatic rings. The van der Waals surface area contributed by atoms with Crippen molar-refractivity contribution in [1.29, 1.82) is 0 Å². The number of carbonyl (C=O) groups is 2. The molecule has 0 spiro atoms. The Bertz CT molecular complexity index is 506. The molecule has 4 nitrogen and oxygen atoms in total. The first-order valence-corrected chi connectivity index (χ1v) is 5.54. The zero-order chi connectivity index (χ0) is 13.1. The predicted octanol–water partition coefficient (Wildman–Crippen LogP) is 2.22. The van der Waals surface area contributed by atoms with Gasteiger partial charge in [-0.15, -0.1) is 0 Å². The average Bonchev–Trinajstić information content (AvgIpc) is 2.97. The van der Waals surface area contributed by atoms with Crippen molar-refractivity contribution in [2.75, 3.05) is 0 Å². The number of allylic oxidation sites excluding steroid dienone is 6. The summed E-state index contributed by atoms with van der Waals surface area (Å²) < 4.78 is 0. The lowest BCUT2D eigenvalue weighted by Gasteiger charge is -2.10. The van der Waals surface area contributed by atoms with E-state index in [0.717, 1.165) is 0 Å². The molecule has 2 aliphatic carbocycles. The monoisotopic (exact) mass is 244 g/mol. The SMILES string of the molecule is O=C(O)C(C1=CC=CC1)=C(C(=O)O)C1=CC=CC1. The highest BCUT2D eigenvalue weighted by atomic mass is 16.4. The molecule has 0 aliphatic heterocycles. The fraction of sp³-hybridized carbons (Fsp3) is 0.143. The van der Waals surface area contributed by atoms with E-state index in [1.165, 1.54) is 0 Å². The Balaban J connectivity index is 2.54. The third kappa shape index (κ3) is 2.18. The fourth-order valence-corrected chi connectivity index (χ4v) is 2.07. The predicted molar refractivity (Wildman–Crippen MR) is 66.0 cm³/mol. The number of rotatable bonds is 4. The minimum absolute atomic E-state index is 0.109.